The normalized spacial score (nSPS) is 11.4. The predicted molar refractivity (Wildman–Crippen MR) is 65.8 cm³/mol. The van der Waals surface area contributed by atoms with Gasteiger partial charge in [0.2, 0.25) is 14.9 Å². The lowest BCUT2D eigenvalue weighted by Gasteiger charge is -1.96. The van der Waals surface area contributed by atoms with E-state index in [-0.39, 0.29) is 6.54 Å². The molecule has 1 aromatic heterocycles. The van der Waals surface area contributed by atoms with Crippen LogP contribution in [-0.4, -0.2) is 23.1 Å². The fourth-order valence-electron chi connectivity index (χ4n) is 1.57. The first-order chi connectivity index (χ1) is 8.88. The monoisotopic (exact) mass is 282 g/mol. The topological polar surface area (TPSA) is 121 Å². The Labute approximate surface area is 108 Å². The molecule has 8 nitrogen and oxygen atoms in total. The molecule has 0 atom stereocenters. The van der Waals surface area contributed by atoms with Crippen molar-refractivity contribution < 1.29 is 13.3 Å². The highest BCUT2D eigenvalue weighted by atomic mass is 32.2. The van der Waals surface area contributed by atoms with Crippen LogP contribution in [0.4, 0.5) is 5.82 Å². The van der Waals surface area contributed by atoms with Crippen molar-refractivity contribution in [1.29, 1.82) is 0 Å². The number of primary sulfonamides is 1. The van der Waals surface area contributed by atoms with Gasteiger partial charge in [-0.25, -0.2) is 13.6 Å². The number of nitrogens with zero attached hydrogens (tertiary/aromatic N) is 3. The third kappa shape index (κ3) is 2.95. The minimum absolute atomic E-state index is 0.219. The van der Waals surface area contributed by atoms with Gasteiger partial charge in [-0.1, -0.05) is 30.3 Å². The summed E-state index contributed by atoms with van der Waals surface area (Å²) in [7, 11) is -4.17. The number of rotatable bonds is 4. The Bertz CT molecular complexity index is 708. The average molecular weight is 282 g/mol. The lowest BCUT2D eigenvalue weighted by molar-refractivity contribution is -0.392. The van der Waals surface area contributed by atoms with E-state index >= 15 is 0 Å². The summed E-state index contributed by atoms with van der Waals surface area (Å²) >= 11 is 0. The van der Waals surface area contributed by atoms with Gasteiger partial charge in [0.1, 0.15) is 0 Å². The minimum atomic E-state index is -4.17. The standard InChI is InChI=1S/C10H10N4O4S/c11-19(17,18)9-7-13(12-10(9)14(15)16)6-8-4-2-1-3-5-8/h1-5,7H,6H2,(H2,11,17,18). The van der Waals surface area contributed by atoms with Crippen LogP contribution in [0.1, 0.15) is 5.56 Å². The van der Waals surface area contributed by atoms with Crippen molar-refractivity contribution >= 4 is 15.8 Å². The Morgan fingerprint density at radius 1 is 1.32 bits per heavy atom. The van der Waals surface area contributed by atoms with Gasteiger partial charge in [0.05, 0.1) is 17.8 Å². The molecule has 0 spiro atoms. The maximum absolute atomic E-state index is 11.2. The largest absolute Gasteiger partial charge is 0.410 e. The Balaban J connectivity index is 2.42. The summed E-state index contributed by atoms with van der Waals surface area (Å²) in [6, 6.07) is 9.01. The molecule has 0 fully saturated rings. The van der Waals surface area contributed by atoms with Gasteiger partial charge in [-0.2, -0.15) is 4.68 Å². The Morgan fingerprint density at radius 3 is 2.42 bits per heavy atom. The van der Waals surface area contributed by atoms with E-state index in [1.807, 2.05) is 6.07 Å². The molecule has 1 aromatic carbocycles. The van der Waals surface area contributed by atoms with E-state index in [4.69, 9.17) is 5.14 Å². The highest BCUT2D eigenvalue weighted by Gasteiger charge is 2.28. The molecular weight excluding hydrogens is 272 g/mol. The van der Waals surface area contributed by atoms with E-state index in [0.29, 0.717) is 0 Å². The molecule has 0 amide bonds. The van der Waals surface area contributed by atoms with E-state index in [9.17, 15) is 18.5 Å². The summed E-state index contributed by atoms with van der Waals surface area (Å²) < 4.78 is 23.7. The van der Waals surface area contributed by atoms with Gasteiger partial charge in [-0.15, -0.1) is 0 Å². The number of sulfonamides is 1. The Morgan fingerprint density at radius 2 is 1.95 bits per heavy atom. The van der Waals surface area contributed by atoms with Crippen LogP contribution < -0.4 is 5.14 Å². The first kappa shape index (κ1) is 13.2. The molecule has 0 aliphatic carbocycles. The lowest BCUT2D eigenvalue weighted by atomic mass is 10.2. The quantitative estimate of drug-likeness (QED) is 0.646. The fourth-order valence-corrected chi connectivity index (χ4v) is 2.21. The van der Waals surface area contributed by atoms with Gasteiger partial charge in [0.25, 0.3) is 0 Å². The van der Waals surface area contributed by atoms with Gasteiger partial charge in [-0.05, 0) is 10.5 Å². The fraction of sp³-hybridized carbons (Fsp3) is 0.100. The van der Waals surface area contributed by atoms with Gasteiger partial charge >= 0.3 is 5.82 Å². The van der Waals surface area contributed by atoms with Gasteiger partial charge in [0.15, 0.2) is 0 Å². The molecule has 19 heavy (non-hydrogen) atoms. The summed E-state index contributed by atoms with van der Waals surface area (Å²) in [4.78, 5) is 9.28. The zero-order valence-electron chi connectivity index (χ0n) is 9.63. The molecule has 0 radical (unpaired) electrons. The van der Waals surface area contributed by atoms with E-state index in [2.05, 4.69) is 5.10 Å². The summed E-state index contributed by atoms with van der Waals surface area (Å²) in [5, 5.41) is 19.3. The molecular formula is C10H10N4O4S. The summed E-state index contributed by atoms with van der Waals surface area (Å²) in [6.07, 6.45) is 1.06. The zero-order chi connectivity index (χ0) is 14.0. The minimum Gasteiger partial charge on any atom is -0.358 e. The number of nitro groups is 1. The van der Waals surface area contributed by atoms with Crippen molar-refractivity contribution in [3.8, 4) is 0 Å². The van der Waals surface area contributed by atoms with E-state index in [1.54, 1.807) is 24.3 Å². The highest BCUT2D eigenvalue weighted by molar-refractivity contribution is 7.89. The third-order valence-electron chi connectivity index (χ3n) is 2.38. The second-order valence-corrected chi connectivity index (χ2v) is 5.33. The summed E-state index contributed by atoms with van der Waals surface area (Å²) in [6.45, 7) is 0.219. The SMILES string of the molecule is NS(=O)(=O)c1cn(Cc2ccccc2)nc1[N+](=O)[O-]. The molecule has 2 aromatic rings. The van der Waals surface area contributed by atoms with Crippen molar-refractivity contribution in [3.05, 3.63) is 52.2 Å². The first-order valence-corrected chi connectivity index (χ1v) is 6.71. The van der Waals surface area contributed by atoms with Crippen LogP contribution >= 0.6 is 0 Å². The number of hydrogen-bond donors (Lipinski definition) is 1. The number of hydrogen-bond acceptors (Lipinski definition) is 5. The highest BCUT2D eigenvalue weighted by Crippen LogP contribution is 2.20. The van der Waals surface area contributed by atoms with Crippen LogP contribution in [0.2, 0.25) is 0 Å². The maximum atomic E-state index is 11.2. The second-order valence-electron chi connectivity index (χ2n) is 3.80. The molecule has 0 saturated heterocycles. The van der Waals surface area contributed by atoms with Crippen molar-refractivity contribution in [2.75, 3.05) is 0 Å². The number of benzene rings is 1. The molecule has 0 aliphatic heterocycles. The molecule has 0 bridgehead atoms. The molecule has 0 saturated carbocycles. The van der Waals surface area contributed by atoms with Crippen LogP contribution in [0.3, 0.4) is 0 Å². The number of nitrogens with two attached hydrogens (primary N) is 1. The van der Waals surface area contributed by atoms with Crippen LogP contribution in [0, 0.1) is 10.1 Å². The van der Waals surface area contributed by atoms with Gasteiger partial charge in [-0.3, -0.25) is 0 Å². The molecule has 0 aliphatic rings. The summed E-state index contributed by atoms with van der Waals surface area (Å²) in [5.74, 6) is -0.765. The Hall–Kier alpha value is -2.26. The molecule has 1 heterocycles. The van der Waals surface area contributed by atoms with E-state index in [1.165, 1.54) is 4.68 Å². The van der Waals surface area contributed by atoms with Gasteiger partial charge < -0.3 is 10.1 Å². The van der Waals surface area contributed by atoms with Crippen LogP contribution in [0.15, 0.2) is 41.4 Å². The maximum Gasteiger partial charge on any atom is 0.410 e. The Kier molecular flexibility index (Phi) is 3.32. The molecule has 9 heteroatoms. The van der Waals surface area contributed by atoms with Crippen molar-refractivity contribution in [2.45, 2.75) is 11.4 Å². The van der Waals surface area contributed by atoms with E-state index < -0.39 is 25.7 Å². The van der Waals surface area contributed by atoms with Crippen molar-refractivity contribution in [1.82, 2.24) is 9.78 Å². The third-order valence-corrected chi connectivity index (χ3v) is 3.28. The zero-order valence-corrected chi connectivity index (χ0v) is 10.4. The average Bonchev–Trinajstić information content (AvgIpc) is 2.74. The molecule has 100 valence electrons. The number of aromatic nitrogens is 2. The van der Waals surface area contributed by atoms with Gasteiger partial charge in [0, 0.05) is 0 Å². The van der Waals surface area contributed by atoms with Crippen LogP contribution in [0.5, 0.6) is 0 Å². The lowest BCUT2D eigenvalue weighted by Crippen LogP contribution is -2.13. The van der Waals surface area contributed by atoms with Crippen molar-refractivity contribution in [3.63, 3.8) is 0 Å². The smallest absolute Gasteiger partial charge is 0.358 e. The summed E-state index contributed by atoms with van der Waals surface area (Å²) in [5.41, 5.74) is 0.834. The van der Waals surface area contributed by atoms with E-state index in [0.717, 1.165) is 11.8 Å². The van der Waals surface area contributed by atoms with Crippen LogP contribution in [0.25, 0.3) is 0 Å². The first-order valence-electron chi connectivity index (χ1n) is 5.16. The molecule has 2 N–H and O–H groups in total. The molecule has 0 unspecified atom stereocenters. The molecule has 2 rings (SSSR count). The van der Waals surface area contributed by atoms with Crippen molar-refractivity contribution in [2.24, 2.45) is 5.14 Å². The van der Waals surface area contributed by atoms with Crippen LogP contribution in [-0.2, 0) is 16.6 Å². The predicted octanol–water partition coefficient (Wildman–Crippen LogP) is 0.487. The second kappa shape index (κ2) is 4.78.